The molecule has 0 aromatic carbocycles. The molecule has 2 bridgehead atoms. The van der Waals surface area contributed by atoms with Crippen LogP contribution in [0.1, 0.15) is 39.0 Å². The molecular weight excluding hydrogens is 180 g/mol. The zero-order valence-corrected chi connectivity index (χ0v) is 8.70. The molecule has 2 aliphatic rings. The molecular formula is C11H18O3. The summed E-state index contributed by atoms with van der Waals surface area (Å²) in [5, 5.41) is 0. The first kappa shape index (κ1) is 10.1. The minimum atomic E-state index is -0.526. The van der Waals surface area contributed by atoms with Crippen LogP contribution in [0.3, 0.4) is 0 Å². The SMILES string of the molecule is CCCCC[C@H]1CC(=O)[C@@H]2OC[C@H]1O2. The molecule has 2 aliphatic heterocycles. The Hall–Kier alpha value is -0.410. The molecule has 2 saturated heterocycles. The van der Waals surface area contributed by atoms with Gasteiger partial charge < -0.3 is 9.47 Å². The maximum absolute atomic E-state index is 11.4. The highest BCUT2D eigenvalue weighted by Crippen LogP contribution is 2.32. The van der Waals surface area contributed by atoms with Gasteiger partial charge in [-0.1, -0.05) is 26.2 Å². The minimum absolute atomic E-state index is 0.139. The topological polar surface area (TPSA) is 35.5 Å². The average Bonchev–Trinajstić information content (AvgIpc) is 2.60. The summed E-state index contributed by atoms with van der Waals surface area (Å²) in [6.45, 7) is 2.81. The largest absolute Gasteiger partial charge is 0.343 e. The Kier molecular flexibility index (Phi) is 3.19. The minimum Gasteiger partial charge on any atom is -0.343 e. The van der Waals surface area contributed by atoms with E-state index in [2.05, 4.69) is 6.92 Å². The molecule has 0 saturated carbocycles. The summed E-state index contributed by atoms with van der Waals surface area (Å²) in [5.74, 6) is 0.549. The van der Waals surface area contributed by atoms with Crippen LogP contribution in [0.5, 0.6) is 0 Å². The molecule has 80 valence electrons. The fourth-order valence-corrected chi connectivity index (χ4v) is 2.27. The number of unbranched alkanes of at least 4 members (excludes halogenated alkanes) is 2. The van der Waals surface area contributed by atoms with Crippen LogP contribution in [0.2, 0.25) is 0 Å². The van der Waals surface area contributed by atoms with Gasteiger partial charge >= 0.3 is 0 Å². The molecule has 2 rings (SSSR count). The van der Waals surface area contributed by atoms with Crippen molar-refractivity contribution in [3.05, 3.63) is 0 Å². The molecule has 0 aliphatic carbocycles. The van der Waals surface area contributed by atoms with Crippen molar-refractivity contribution in [1.29, 1.82) is 0 Å². The number of ether oxygens (including phenoxy) is 2. The van der Waals surface area contributed by atoms with Gasteiger partial charge in [-0.25, -0.2) is 0 Å². The lowest BCUT2D eigenvalue weighted by molar-refractivity contribution is -0.157. The number of hydrogen-bond acceptors (Lipinski definition) is 3. The van der Waals surface area contributed by atoms with E-state index in [0.717, 1.165) is 6.42 Å². The molecule has 0 aromatic rings. The van der Waals surface area contributed by atoms with E-state index in [9.17, 15) is 4.79 Å². The molecule has 2 fully saturated rings. The normalized spacial score (nSPS) is 36.4. The second-order valence-electron chi connectivity index (χ2n) is 4.27. The molecule has 2 heterocycles. The highest BCUT2D eigenvalue weighted by Gasteiger charge is 2.42. The predicted molar refractivity (Wildman–Crippen MR) is 51.9 cm³/mol. The molecule has 3 heteroatoms. The van der Waals surface area contributed by atoms with Gasteiger partial charge in [0.1, 0.15) is 0 Å². The summed E-state index contributed by atoms with van der Waals surface area (Å²) < 4.78 is 10.7. The molecule has 0 amide bonds. The molecule has 3 nitrogen and oxygen atoms in total. The number of Topliss-reactive ketones (excluding diaryl/α,β-unsaturated/α-hetero) is 1. The van der Waals surface area contributed by atoms with Gasteiger partial charge in [0.2, 0.25) is 6.29 Å². The monoisotopic (exact) mass is 198 g/mol. The van der Waals surface area contributed by atoms with E-state index in [-0.39, 0.29) is 11.9 Å². The number of ketones is 1. The molecule has 3 atom stereocenters. The molecule has 0 unspecified atom stereocenters. The van der Waals surface area contributed by atoms with Crippen molar-refractivity contribution >= 4 is 5.78 Å². The smallest absolute Gasteiger partial charge is 0.218 e. The summed E-state index contributed by atoms with van der Waals surface area (Å²) in [6.07, 6.45) is 5.13. The maximum Gasteiger partial charge on any atom is 0.218 e. The third-order valence-electron chi connectivity index (χ3n) is 3.14. The zero-order valence-electron chi connectivity index (χ0n) is 8.70. The van der Waals surface area contributed by atoms with Gasteiger partial charge in [-0.05, 0) is 12.3 Å². The Morgan fingerprint density at radius 1 is 1.43 bits per heavy atom. The Labute approximate surface area is 84.8 Å². The first-order valence-corrected chi connectivity index (χ1v) is 5.61. The van der Waals surface area contributed by atoms with Gasteiger partial charge in [0.15, 0.2) is 5.78 Å². The van der Waals surface area contributed by atoms with Gasteiger partial charge in [0.05, 0.1) is 12.7 Å². The van der Waals surface area contributed by atoms with E-state index in [1.54, 1.807) is 0 Å². The van der Waals surface area contributed by atoms with Gasteiger partial charge in [-0.2, -0.15) is 0 Å². The van der Waals surface area contributed by atoms with Crippen LogP contribution in [0, 0.1) is 5.92 Å². The van der Waals surface area contributed by atoms with Gasteiger partial charge in [-0.15, -0.1) is 0 Å². The van der Waals surface area contributed by atoms with Gasteiger partial charge in [0.25, 0.3) is 0 Å². The standard InChI is InChI=1S/C11H18O3/c1-2-3-4-5-8-6-9(12)11-13-7-10(8)14-11/h8,10-11H,2-7H2,1H3/t8-,10+,11+/m0/s1. The second-order valence-corrected chi connectivity index (χ2v) is 4.27. The number of hydrogen-bond donors (Lipinski definition) is 0. The van der Waals surface area contributed by atoms with E-state index in [4.69, 9.17) is 9.47 Å². The van der Waals surface area contributed by atoms with Gasteiger partial charge in [0, 0.05) is 6.42 Å². The van der Waals surface area contributed by atoms with E-state index in [1.807, 2.05) is 0 Å². The van der Waals surface area contributed by atoms with Crippen LogP contribution in [0.4, 0.5) is 0 Å². The predicted octanol–water partition coefficient (Wildman–Crippen LogP) is 1.90. The Morgan fingerprint density at radius 2 is 2.29 bits per heavy atom. The van der Waals surface area contributed by atoms with Crippen LogP contribution >= 0.6 is 0 Å². The number of carbonyl (C=O) groups excluding carboxylic acids is 1. The third kappa shape index (κ3) is 1.98. The highest BCUT2D eigenvalue weighted by molar-refractivity contribution is 5.83. The number of fused-ring (bicyclic) bond motifs is 2. The quantitative estimate of drug-likeness (QED) is 0.647. The first-order valence-electron chi connectivity index (χ1n) is 5.61. The van der Waals surface area contributed by atoms with Crippen molar-refractivity contribution in [2.24, 2.45) is 5.92 Å². The lowest BCUT2D eigenvalue weighted by Crippen LogP contribution is -2.35. The average molecular weight is 198 g/mol. The molecule has 0 aromatic heterocycles. The van der Waals surface area contributed by atoms with Crippen molar-refractivity contribution in [3.8, 4) is 0 Å². The highest BCUT2D eigenvalue weighted by atomic mass is 16.7. The summed E-state index contributed by atoms with van der Waals surface area (Å²) in [5.41, 5.74) is 0. The van der Waals surface area contributed by atoms with E-state index >= 15 is 0 Å². The Bertz CT molecular complexity index is 215. The van der Waals surface area contributed by atoms with Crippen molar-refractivity contribution in [2.45, 2.75) is 51.4 Å². The van der Waals surface area contributed by atoms with Crippen LogP contribution < -0.4 is 0 Å². The Morgan fingerprint density at radius 3 is 3.07 bits per heavy atom. The summed E-state index contributed by atoms with van der Waals surface area (Å²) in [4.78, 5) is 11.4. The van der Waals surface area contributed by atoms with E-state index < -0.39 is 6.29 Å². The van der Waals surface area contributed by atoms with Gasteiger partial charge in [-0.3, -0.25) is 4.79 Å². The number of carbonyl (C=O) groups is 1. The molecule has 0 radical (unpaired) electrons. The van der Waals surface area contributed by atoms with Crippen molar-refractivity contribution < 1.29 is 14.3 Å². The molecule has 0 spiro atoms. The maximum atomic E-state index is 11.4. The fourth-order valence-electron chi connectivity index (χ4n) is 2.27. The van der Waals surface area contributed by atoms with Crippen LogP contribution in [-0.4, -0.2) is 24.8 Å². The molecule has 14 heavy (non-hydrogen) atoms. The molecule has 0 N–H and O–H groups in total. The lowest BCUT2D eigenvalue weighted by Gasteiger charge is -2.26. The van der Waals surface area contributed by atoms with Crippen molar-refractivity contribution in [2.75, 3.05) is 6.61 Å². The van der Waals surface area contributed by atoms with Crippen LogP contribution in [0.25, 0.3) is 0 Å². The first-order chi connectivity index (χ1) is 6.81. The van der Waals surface area contributed by atoms with Crippen molar-refractivity contribution in [3.63, 3.8) is 0 Å². The summed E-state index contributed by atoms with van der Waals surface area (Å²) in [7, 11) is 0. The summed E-state index contributed by atoms with van der Waals surface area (Å²) >= 11 is 0. The fraction of sp³-hybridized carbons (Fsp3) is 0.909. The lowest BCUT2D eigenvalue weighted by atomic mass is 9.89. The zero-order chi connectivity index (χ0) is 9.97. The van der Waals surface area contributed by atoms with E-state index in [1.165, 1.54) is 19.3 Å². The van der Waals surface area contributed by atoms with Crippen LogP contribution in [0.15, 0.2) is 0 Å². The Balaban J connectivity index is 1.83. The third-order valence-corrected chi connectivity index (χ3v) is 3.14. The second kappa shape index (κ2) is 4.41. The summed E-state index contributed by atoms with van der Waals surface area (Å²) in [6, 6.07) is 0. The van der Waals surface area contributed by atoms with Crippen LogP contribution in [-0.2, 0) is 14.3 Å². The van der Waals surface area contributed by atoms with E-state index in [0.29, 0.717) is 18.9 Å². The number of rotatable bonds is 4. The van der Waals surface area contributed by atoms with Crippen molar-refractivity contribution in [1.82, 2.24) is 0 Å².